The zero-order valence-electron chi connectivity index (χ0n) is 16.5. The molecule has 1 fully saturated rings. The fourth-order valence-corrected chi connectivity index (χ4v) is 5.43. The highest BCUT2D eigenvalue weighted by Gasteiger charge is 2.38. The number of ether oxygens (including phenoxy) is 1. The minimum Gasteiger partial charge on any atom is -0.496 e. The minimum atomic E-state index is -3.66. The van der Waals surface area contributed by atoms with Crippen molar-refractivity contribution in [2.24, 2.45) is 7.05 Å². The minimum absolute atomic E-state index is 0.0806. The molecule has 0 radical (unpaired) electrons. The summed E-state index contributed by atoms with van der Waals surface area (Å²) in [5, 5.41) is 0.0806. The van der Waals surface area contributed by atoms with Gasteiger partial charge in [-0.05, 0) is 31.0 Å². The van der Waals surface area contributed by atoms with Gasteiger partial charge < -0.3 is 9.30 Å². The summed E-state index contributed by atoms with van der Waals surface area (Å²) in [6, 6.07) is 13.4. The number of rotatable bonds is 6. The molecule has 29 heavy (non-hydrogen) atoms. The Morgan fingerprint density at radius 1 is 1.17 bits per heavy atom. The molecule has 1 saturated heterocycles. The molecule has 2 aromatic heterocycles. The van der Waals surface area contributed by atoms with Crippen molar-refractivity contribution in [1.82, 2.24) is 18.8 Å². The van der Waals surface area contributed by atoms with Crippen LogP contribution in [0.3, 0.4) is 0 Å². The van der Waals surface area contributed by atoms with Crippen molar-refractivity contribution in [2.75, 3.05) is 13.7 Å². The van der Waals surface area contributed by atoms with Crippen LogP contribution in [-0.4, -0.2) is 40.9 Å². The van der Waals surface area contributed by atoms with Crippen LogP contribution in [0.2, 0.25) is 0 Å². The van der Waals surface area contributed by atoms with Crippen molar-refractivity contribution in [3.63, 3.8) is 0 Å². The largest absolute Gasteiger partial charge is 0.496 e. The van der Waals surface area contributed by atoms with E-state index >= 15 is 0 Å². The molecule has 1 atom stereocenters. The van der Waals surface area contributed by atoms with Gasteiger partial charge in [-0.2, -0.15) is 4.31 Å². The fourth-order valence-electron chi connectivity index (χ4n) is 3.79. The lowest BCUT2D eigenvalue weighted by Crippen LogP contribution is -2.31. The van der Waals surface area contributed by atoms with Gasteiger partial charge >= 0.3 is 0 Å². The number of methoxy groups -OCH3 is 1. The summed E-state index contributed by atoms with van der Waals surface area (Å²) in [7, 11) is -0.242. The molecule has 1 aromatic carbocycles. The number of hydrogen-bond donors (Lipinski definition) is 0. The van der Waals surface area contributed by atoms with Crippen molar-refractivity contribution in [2.45, 2.75) is 30.3 Å². The molecule has 152 valence electrons. The number of pyridine rings is 1. The van der Waals surface area contributed by atoms with Crippen molar-refractivity contribution in [3.8, 4) is 5.75 Å². The molecule has 0 unspecified atom stereocenters. The first-order chi connectivity index (χ1) is 14.0. The van der Waals surface area contributed by atoms with Crippen LogP contribution in [0.25, 0.3) is 0 Å². The summed E-state index contributed by atoms with van der Waals surface area (Å²) in [6.45, 7) is 0.474. The number of benzene rings is 1. The molecule has 0 amide bonds. The molecule has 1 aliphatic rings. The highest BCUT2D eigenvalue weighted by Crippen LogP contribution is 2.35. The molecule has 1 aliphatic heterocycles. The van der Waals surface area contributed by atoms with E-state index in [4.69, 9.17) is 9.72 Å². The van der Waals surface area contributed by atoms with Crippen LogP contribution in [0.15, 0.2) is 60.0 Å². The van der Waals surface area contributed by atoms with Crippen LogP contribution in [-0.2, 0) is 23.5 Å². The lowest BCUT2D eigenvalue weighted by atomic mass is 10.1. The van der Waals surface area contributed by atoms with Crippen molar-refractivity contribution >= 4 is 10.0 Å². The molecule has 0 bridgehead atoms. The monoisotopic (exact) mass is 412 g/mol. The average Bonchev–Trinajstić information content (AvgIpc) is 3.38. The lowest BCUT2D eigenvalue weighted by Gasteiger charge is -2.23. The Morgan fingerprint density at radius 2 is 2.00 bits per heavy atom. The molecule has 0 spiro atoms. The maximum Gasteiger partial charge on any atom is 0.262 e. The van der Waals surface area contributed by atoms with E-state index in [1.165, 1.54) is 16.8 Å². The maximum absolute atomic E-state index is 13.1. The highest BCUT2D eigenvalue weighted by atomic mass is 32.2. The normalized spacial score (nSPS) is 17.5. The molecule has 4 rings (SSSR count). The van der Waals surface area contributed by atoms with Gasteiger partial charge in [0.1, 0.15) is 5.75 Å². The zero-order chi connectivity index (χ0) is 20.4. The van der Waals surface area contributed by atoms with Gasteiger partial charge in [-0.25, -0.2) is 13.4 Å². The Hall–Kier alpha value is -2.71. The molecular weight excluding hydrogens is 388 g/mol. The van der Waals surface area contributed by atoms with Crippen LogP contribution >= 0.6 is 0 Å². The first-order valence-electron chi connectivity index (χ1n) is 9.56. The SMILES string of the molecule is COc1ccccc1Cc1cccc([C@@H]2CCCN2S(=O)(=O)c2cn(C)cn2)n1. The second-order valence-corrected chi connectivity index (χ2v) is 9.03. The number of imidazole rings is 1. The van der Waals surface area contributed by atoms with Crippen LogP contribution < -0.4 is 4.74 Å². The summed E-state index contributed by atoms with van der Waals surface area (Å²) < 4.78 is 34.8. The zero-order valence-corrected chi connectivity index (χ0v) is 17.3. The van der Waals surface area contributed by atoms with Gasteiger partial charge in [-0.1, -0.05) is 24.3 Å². The summed E-state index contributed by atoms with van der Waals surface area (Å²) in [6.07, 6.45) is 5.21. The third kappa shape index (κ3) is 3.90. The van der Waals surface area contributed by atoms with E-state index in [0.29, 0.717) is 13.0 Å². The standard InChI is InChI=1S/C21H24N4O3S/c1-24-14-21(22-15-24)29(26,27)25-12-6-10-19(25)18-9-5-8-17(23-18)13-16-7-3-4-11-20(16)28-2/h3-5,7-9,11,14-15,19H,6,10,12-13H2,1-2H3/t19-/m0/s1. The first kappa shape index (κ1) is 19.6. The van der Waals surface area contributed by atoms with Gasteiger partial charge in [0, 0.05) is 37.5 Å². The fraction of sp³-hybridized carbons (Fsp3) is 0.333. The van der Waals surface area contributed by atoms with Gasteiger partial charge in [-0.3, -0.25) is 4.98 Å². The van der Waals surface area contributed by atoms with Crippen molar-refractivity contribution in [3.05, 3.63) is 71.9 Å². The third-order valence-corrected chi connectivity index (χ3v) is 6.99. The Morgan fingerprint density at radius 3 is 2.76 bits per heavy atom. The van der Waals surface area contributed by atoms with Gasteiger partial charge in [0.25, 0.3) is 10.0 Å². The molecule has 3 aromatic rings. The molecule has 3 heterocycles. The van der Waals surface area contributed by atoms with Crippen LogP contribution in [0.1, 0.15) is 35.8 Å². The summed E-state index contributed by atoms with van der Waals surface area (Å²) in [5.74, 6) is 0.819. The predicted molar refractivity (Wildman–Crippen MR) is 109 cm³/mol. The van der Waals surface area contributed by atoms with Crippen molar-refractivity contribution in [1.29, 1.82) is 0 Å². The van der Waals surface area contributed by atoms with Gasteiger partial charge in [0.15, 0.2) is 5.03 Å². The Balaban J connectivity index is 1.62. The second kappa shape index (κ2) is 7.96. The number of aryl methyl sites for hydroxylation is 1. The van der Waals surface area contributed by atoms with E-state index in [2.05, 4.69) is 4.98 Å². The smallest absolute Gasteiger partial charge is 0.262 e. The molecule has 0 N–H and O–H groups in total. The number of hydrogen-bond acceptors (Lipinski definition) is 5. The molecule has 7 nitrogen and oxygen atoms in total. The topological polar surface area (TPSA) is 77.3 Å². The molecular formula is C21H24N4O3S. The highest BCUT2D eigenvalue weighted by molar-refractivity contribution is 7.89. The Labute approximate surface area is 171 Å². The van der Waals surface area contributed by atoms with Crippen LogP contribution in [0.5, 0.6) is 5.75 Å². The van der Waals surface area contributed by atoms with E-state index < -0.39 is 10.0 Å². The van der Waals surface area contributed by atoms with Crippen LogP contribution in [0, 0.1) is 0 Å². The summed E-state index contributed by atoms with van der Waals surface area (Å²) in [5.41, 5.74) is 2.70. The van der Waals surface area contributed by atoms with E-state index in [0.717, 1.165) is 35.5 Å². The quantitative estimate of drug-likeness (QED) is 0.622. The molecule has 8 heteroatoms. The lowest BCUT2D eigenvalue weighted by molar-refractivity contribution is 0.388. The third-order valence-electron chi connectivity index (χ3n) is 5.19. The Bertz CT molecular complexity index is 1110. The van der Waals surface area contributed by atoms with E-state index in [-0.39, 0.29) is 11.1 Å². The van der Waals surface area contributed by atoms with E-state index in [1.807, 2.05) is 42.5 Å². The predicted octanol–water partition coefficient (Wildman–Crippen LogP) is 2.94. The van der Waals surface area contributed by atoms with Gasteiger partial charge in [-0.15, -0.1) is 0 Å². The van der Waals surface area contributed by atoms with Crippen LogP contribution in [0.4, 0.5) is 0 Å². The maximum atomic E-state index is 13.1. The summed E-state index contributed by atoms with van der Waals surface area (Å²) in [4.78, 5) is 8.85. The van der Waals surface area contributed by atoms with E-state index in [1.54, 1.807) is 18.7 Å². The first-order valence-corrected chi connectivity index (χ1v) is 11.0. The summed E-state index contributed by atoms with van der Waals surface area (Å²) >= 11 is 0. The van der Waals surface area contributed by atoms with Gasteiger partial charge in [0.05, 0.1) is 25.2 Å². The number of sulfonamides is 1. The molecule has 0 aliphatic carbocycles. The number of nitrogens with zero attached hydrogens (tertiary/aromatic N) is 4. The van der Waals surface area contributed by atoms with Gasteiger partial charge in [0.2, 0.25) is 0 Å². The second-order valence-electron chi connectivity index (χ2n) is 7.19. The molecule has 0 saturated carbocycles. The number of para-hydroxylation sites is 1. The Kier molecular flexibility index (Phi) is 5.38. The van der Waals surface area contributed by atoms with Crippen molar-refractivity contribution < 1.29 is 13.2 Å². The number of aromatic nitrogens is 3. The average molecular weight is 413 g/mol. The van der Waals surface area contributed by atoms with E-state index in [9.17, 15) is 8.42 Å².